The molecular weight excluding hydrogens is 294 g/mol. The SMILES string of the molecule is CCC(N)(CC)c1cc2oc(C)c(C(=O)O)c2c(Cl)c1O. The highest BCUT2D eigenvalue weighted by Crippen LogP contribution is 2.44. The zero-order chi connectivity index (χ0) is 15.9. The van der Waals surface area contributed by atoms with Crippen molar-refractivity contribution in [2.45, 2.75) is 39.2 Å². The van der Waals surface area contributed by atoms with Gasteiger partial charge in [-0.3, -0.25) is 0 Å². The summed E-state index contributed by atoms with van der Waals surface area (Å²) >= 11 is 6.18. The molecule has 0 aliphatic carbocycles. The van der Waals surface area contributed by atoms with Crippen molar-refractivity contribution in [3.05, 3.63) is 28.0 Å². The van der Waals surface area contributed by atoms with E-state index in [2.05, 4.69) is 0 Å². The molecule has 21 heavy (non-hydrogen) atoms. The Morgan fingerprint density at radius 2 is 2.00 bits per heavy atom. The molecule has 0 radical (unpaired) electrons. The Hall–Kier alpha value is -1.72. The Kier molecular flexibility index (Phi) is 3.91. The Morgan fingerprint density at radius 3 is 2.48 bits per heavy atom. The second kappa shape index (κ2) is 5.24. The van der Waals surface area contributed by atoms with Gasteiger partial charge in [0.1, 0.15) is 22.7 Å². The number of carbonyl (C=O) groups is 1. The third-order valence-corrected chi connectivity index (χ3v) is 4.45. The summed E-state index contributed by atoms with van der Waals surface area (Å²) in [6.07, 6.45) is 1.20. The van der Waals surface area contributed by atoms with Crippen molar-refractivity contribution in [3.8, 4) is 5.75 Å². The molecule has 4 N–H and O–H groups in total. The van der Waals surface area contributed by atoms with Crippen molar-refractivity contribution < 1.29 is 19.4 Å². The van der Waals surface area contributed by atoms with Crippen LogP contribution in [-0.2, 0) is 5.54 Å². The van der Waals surface area contributed by atoms with Crippen molar-refractivity contribution in [1.29, 1.82) is 0 Å². The number of phenolic OH excluding ortho intramolecular Hbond substituents is 1. The summed E-state index contributed by atoms with van der Waals surface area (Å²) in [5.41, 5.74) is 6.31. The number of nitrogens with two attached hydrogens (primary N) is 1. The third kappa shape index (κ3) is 2.26. The van der Waals surface area contributed by atoms with E-state index in [1.54, 1.807) is 13.0 Å². The number of hydrogen-bond donors (Lipinski definition) is 3. The van der Waals surface area contributed by atoms with Gasteiger partial charge >= 0.3 is 5.97 Å². The van der Waals surface area contributed by atoms with Crippen LogP contribution in [0.2, 0.25) is 5.02 Å². The number of furan rings is 1. The number of aromatic carboxylic acids is 1. The standard InChI is InChI=1S/C15H18ClNO4/c1-4-15(17,5-2)8-6-9-11(12(16)13(8)18)10(14(19)20)7(3)21-9/h6,18H,4-5,17H2,1-3H3,(H,19,20). The van der Waals surface area contributed by atoms with Gasteiger partial charge in [0.2, 0.25) is 0 Å². The van der Waals surface area contributed by atoms with Crippen LogP contribution in [0.1, 0.15) is 48.4 Å². The molecule has 1 aromatic carbocycles. The molecule has 0 spiro atoms. The number of halogens is 1. The molecule has 0 aliphatic heterocycles. The van der Waals surface area contributed by atoms with E-state index >= 15 is 0 Å². The van der Waals surface area contributed by atoms with Crippen LogP contribution in [0.25, 0.3) is 11.0 Å². The van der Waals surface area contributed by atoms with E-state index in [1.165, 1.54) is 0 Å². The Bertz CT molecular complexity index is 716. The van der Waals surface area contributed by atoms with E-state index in [-0.39, 0.29) is 27.5 Å². The molecule has 2 aromatic rings. The summed E-state index contributed by atoms with van der Waals surface area (Å²) in [6, 6.07) is 1.59. The predicted octanol–water partition coefficient (Wildman–Crippen LogP) is 3.77. The maximum atomic E-state index is 11.3. The van der Waals surface area contributed by atoms with E-state index in [1.807, 2.05) is 13.8 Å². The van der Waals surface area contributed by atoms with Crippen molar-refractivity contribution in [3.63, 3.8) is 0 Å². The summed E-state index contributed by atoms with van der Waals surface area (Å²) < 4.78 is 5.49. The van der Waals surface area contributed by atoms with Gasteiger partial charge in [-0.05, 0) is 25.8 Å². The van der Waals surface area contributed by atoms with Gasteiger partial charge in [-0.2, -0.15) is 0 Å². The van der Waals surface area contributed by atoms with Gasteiger partial charge in [0, 0.05) is 11.1 Å². The van der Waals surface area contributed by atoms with Crippen molar-refractivity contribution in [1.82, 2.24) is 0 Å². The lowest BCUT2D eigenvalue weighted by atomic mass is 9.84. The van der Waals surface area contributed by atoms with Crippen LogP contribution in [0.4, 0.5) is 0 Å². The fraction of sp³-hybridized carbons (Fsp3) is 0.400. The predicted molar refractivity (Wildman–Crippen MR) is 81.0 cm³/mol. The monoisotopic (exact) mass is 311 g/mol. The number of aryl methyl sites for hydroxylation is 1. The van der Waals surface area contributed by atoms with Gasteiger partial charge in [-0.15, -0.1) is 0 Å². The van der Waals surface area contributed by atoms with Crippen LogP contribution in [0.15, 0.2) is 10.5 Å². The fourth-order valence-electron chi connectivity index (χ4n) is 2.59. The number of carboxylic acids is 1. The van der Waals surface area contributed by atoms with Gasteiger partial charge in [0.25, 0.3) is 0 Å². The lowest BCUT2D eigenvalue weighted by Gasteiger charge is -2.28. The lowest BCUT2D eigenvalue weighted by molar-refractivity contribution is 0.0697. The average Bonchev–Trinajstić information content (AvgIpc) is 2.78. The molecule has 0 saturated carbocycles. The van der Waals surface area contributed by atoms with Crippen molar-refractivity contribution in [2.75, 3.05) is 0 Å². The number of fused-ring (bicyclic) bond motifs is 1. The minimum Gasteiger partial charge on any atom is -0.506 e. The first-order valence-corrected chi connectivity index (χ1v) is 7.11. The molecule has 0 amide bonds. The summed E-state index contributed by atoms with van der Waals surface area (Å²) in [5, 5.41) is 19.8. The van der Waals surface area contributed by atoms with E-state index in [0.29, 0.717) is 24.0 Å². The number of hydrogen-bond acceptors (Lipinski definition) is 4. The Morgan fingerprint density at radius 1 is 1.43 bits per heavy atom. The molecule has 0 atom stereocenters. The zero-order valence-corrected chi connectivity index (χ0v) is 12.9. The van der Waals surface area contributed by atoms with Crippen molar-refractivity contribution in [2.24, 2.45) is 5.73 Å². The molecule has 2 rings (SSSR count). The van der Waals surface area contributed by atoms with Gasteiger partial charge in [0.15, 0.2) is 0 Å². The first-order valence-electron chi connectivity index (χ1n) is 6.74. The topological polar surface area (TPSA) is 96.7 Å². The van der Waals surface area contributed by atoms with Crippen LogP contribution in [0.3, 0.4) is 0 Å². The first-order chi connectivity index (χ1) is 9.76. The smallest absolute Gasteiger partial charge is 0.339 e. The van der Waals surface area contributed by atoms with Gasteiger partial charge < -0.3 is 20.4 Å². The number of phenols is 1. The summed E-state index contributed by atoms with van der Waals surface area (Å²) in [6.45, 7) is 5.38. The molecule has 0 fully saturated rings. The minimum atomic E-state index is -1.15. The summed E-state index contributed by atoms with van der Waals surface area (Å²) in [5.74, 6) is -1.09. The van der Waals surface area contributed by atoms with Crippen LogP contribution in [0.5, 0.6) is 5.75 Å². The highest BCUT2D eigenvalue weighted by molar-refractivity contribution is 6.38. The maximum Gasteiger partial charge on any atom is 0.339 e. The lowest BCUT2D eigenvalue weighted by Crippen LogP contribution is -2.35. The molecule has 0 unspecified atom stereocenters. The van der Waals surface area contributed by atoms with Gasteiger partial charge in [-0.25, -0.2) is 4.79 Å². The number of aromatic hydroxyl groups is 1. The third-order valence-electron chi connectivity index (χ3n) is 4.08. The highest BCUT2D eigenvalue weighted by Gasteiger charge is 2.31. The summed E-state index contributed by atoms with van der Waals surface area (Å²) in [7, 11) is 0. The molecule has 114 valence electrons. The van der Waals surface area contributed by atoms with Gasteiger partial charge in [-0.1, -0.05) is 25.4 Å². The molecule has 1 heterocycles. The second-order valence-electron chi connectivity index (χ2n) is 5.16. The van der Waals surface area contributed by atoms with E-state index < -0.39 is 11.5 Å². The highest BCUT2D eigenvalue weighted by atomic mass is 35.5. The molecular formula is C15H18ClNO4. The Labute approximate surface area is 127 Å². The van der Waals surface area contributed by atoms with Crippen LogP contribution < -0.4 is 5.73 Å². The zero-order valence-electron chi connectivity index (χ0n) is 12.2. The largest absolute Gasteiger partial charge is 0.506 e. The fourth-order valence-corrected chi connectivity index (χ4v) is 2.88. The molecule has 1 aromatic heterocycles. The second-order valence-corrected chi connectivity index (χ2v) is 5.54. The molecule has 0 aliphatic rings. The molecule has 5 nitrogen and oxygen atoms in total. The quantitative estimate of drug-likeness (QED) is 0.798. The van der Waals surface area contributed by atoms with E-state index in [4.69, 9.17) is 21.8 Å². The van der Waals surface area contributed by atoms with Crippen LogP contribution >= 0.6 is 11.6 Å². The number of rotatable bonds is 4. The minimum absolute atomic E-state index is 0.0338. The van der Waals surface area contributed by atoms with Crippen molar-refractivity contribution >= 4 is 28.5 Å². The molecule has 6 heteroatoms. The molecule has 0 bridgehead atoms. The normalized spacial score (nSPS) is 12.0. The number of carboxylic acid groups (broad SMARTS) is 1. The van der Waals surface area contributed by atoms with E-state index in [9.17, 15) is 15.0 Å². The average molecular weight is 312 g/mol. The first kappa shape index (κ1) is 15.7. The maximum absolute atomic E-state index is 11.3. The Balaban J connectivity index is 2.87. The molecule has 0 saturated heterocycles. The van der Waals surface area contributed by atoms with Crippen LogP contribution in [-0.4, -0.2) is 16.2 Å². The van der Waals surface area contributed by atoms with Gasteiger partial charge in [0.05, 0.1) is 10.4 Å². The summed E-state index contributed by atoms with van der Waals surface area (Å²) in [4.78, 5) is 11.3. The van der Waals surface area contributed by atoms with E-state index in [0.717, 1.165) is 0 Å². The number of benzene rings is 1. The van der Waals surface area contributed by atoms with Crippen LogP contribution in [0, 0.1) is 6.92 Å².